The fourth-order valence-corrected chi connectivity index (χ4v) is 5.72. The number of nitriles is 1. The number of anilines is 2. The van der Waals surface area contributed by atoms with Gasteiger partial charge in [-0.1, -0.05) is 30.3 Å². The highest BCUT2D eigenvalue weighted by atomic mass is 19.4. The number of nitrogens with zero attached hydrogens (tertiary/aromatic N) is 3. The van der Waals surface area contributed by atoms with Gasteiger partial charge in [-0.3, -0.25) is 4.79 Å². The molecule has 2 heterocycles. The van der Waals surface area contributed by atoms with Gasteiger partial charge in [-0.2, -0.15) is 18.4 Å². The monoisotopic (exact) mass is 534 g/mol. The number of piperazine rings is 1. The van der Waals surface area contributed by atoms with E-state index in [1.54, 1.807) is 13.2 Å². The maximum absolute atomic E-state index is 13.6. The van der Waals surface area contributed by atoms with Crippen molar-refractivity contribution in [2.45, 2.75) is 25.1 Å². The molecule has 0 bridgehead atoms. The lowest BCUT2D eigenvalue weighted by Crippen LogP contribution is -2.61. The predicted octanol–water partition coefficient (Wildman–Crippen LogP) is 4.81. The summed E-state index contributed by atoms with van der Waals surface area (Å²) in [6.07, 6.45) is -3.69. The summed E-state index contributed by atoms with van der Waals surface area (Å²) in [5.41, 5.74) is 2.86. The highest BCUT2D eigenvalue weighted by Crippen LogP contribution is 2.40. The van der Waals surface area contributed by atoms with Crippen LogP contribution in [0, 0.1) is 17.2 Å². The summed E-state index contributed by atoms with van der Waals surface area (Å²) in [4.78, 5) is 17.8. The van der Waals surface area contributed by atoms with E-state index >= 15 is 0 Å². The Hall–Kier alpha value is -4.19. The van der Waals surface area contributed by atoms with Crippen molar-refractivity contribution >= 4 is 17.3 Å². The number of amides is 1. The molecule has 39 heavy (non-hydrogen) atoms. The zero-order chi connectivity index (χ0) is 27.6. The molecule has 3 aromatic carbocycles. The molecule has 0 saturated carbocycles. The summed E-state index contributed by atoms with van der Waals surface area (Å²) < 4.78 is 45.9. The fraction of sp³-hybridized carbons (Fsp3) is 0.333. The van der Waals surface area contributed by atoms with E-state index in [0.717, 1.165) is 28.8 Å². The third-order valence-electron chi connectivity index (χ3n) is 7.63. The normalized spacial score (nSPS) is 18.5. The van der Waals surface area contributed by atoms with Gasteiger partial charge in [0.25, 0.3) is 0 Å². The molecule has 3 aromatic rings. The number of carbonyl (C=O) groups excluding carboxylic acids is 1. The number of hydrogen-bond donors (Lipinski definition) is 1. The Morgan fingerprint density at radius 2 is 1.85 bits per heavy atom. The topological polar surface area (TPSA) is 68.6 Å². The molecule has 1 fully saturated rings. The number of methoxy groups -OCH3 is 1. The summed E-state index contributed by atoms with van der Waals surface area (Å²) in [5, 5.41) is 12.6. The van der Waals surface area contributed by atoms with Crippen LogP contribution < -0.4 is 19.9 Å². The Kier molecular flexibility index (Phi) is 7.38. The molecule has 2 aliphatic rings. The average Bonchev–Trinajstić information content (AvgIpc) is 2.95. The van der Waals surface area contributed by atoms with E-state index in [1.807, 2.05) is 42.5 Å². The molecule has 1 N–H and O–H groups in total. The van der Waals surface area contributed by atoms with Gasteiger partial charge >= 0.3 is 6.18 Å². The van der Waals surface area contributed by atoms with Gasteiger partial charge in [0.2, 0.25) is 5.91 Å². The second-order valence-electron chi connectivity index (χ2n) is 9.84. The predicted molar refractivity (Wildman–Crippen MR) is 143 cm³/mol. The van der Waals surface area contributed by atoms with Crippen LogP contribution in [0.2, 0.25) is 0 Å². The summed E-state index contributed by atoms with van der Waals surface area (Å²) in [6, 6.07) is 20.7. The van der Waals surface area contributed by atoms with E-state index in [1.165, 1.54) is 12.1 Å². The number of halogens is 3. The number of carbonyl (C=O) groups is 1. The molecule has 9 heteroatoms. The maximum Gasteiger partial charge on any atom is 0.416 e. The first-order valence-corrected chi connectivity index (χ1v) is 12.9. The van der Waals surface area contributed by atoms with Crippen LogP contribution >= 0.6 is 0 Å². The van der Waals surface area contributed by atoms with Crippen molar-refractivity contribution in [3.63, 3.8) is 0 Å². The lowest BCUT2D eigenvalue weighted by Gasteiger charge is -2.49. The first-order valence-electron chi connectivity index (χ1n) is 12.9. The van der Waals surface area contributed by atoms with Gasteiger partial charge in [0.05, 0.1) is 35.9 Å². The van der Waals surface area contributed by atoms with Crippen LogP contribution in [-0.2, 0) is 23.8 Å². The Morgan fingerprint density at radius 3 is 2.62 bits per heavy atom. The SMILES string of the molecule is COc1ccccc1CCNC(=O)C1Cc2cc(C(F)(F)F)ccc2N2CCN(c3ccccc3C#N)CC12. The number of hydrogen-bond acceptors (Lipinski definition) is 5. The molecule has 0 aromatic heterocycles. The number of para-hydroxylation sites is 2. The molecule has 1 amide bonds. The van der Waals surface area contributed by atoms with Gasteiger partial charge in [-0.15, -0.1) is 0 Å². The van der Waals surface area contributed by atoms with Crippen molar-refractivity contribution in [3.8, 4) is 11.8 Å². The lowest BCUT2D eigenvalue weighted by atomic mass is 9.82. The molecule has 6 nitrogen and oxygen atoms in total. The second-order valence-corrected chi connectivity index (χ2v) is 9.84. The number of ether oxygens (including phenoxy) is 1. The minimum absolute atomic E-state index is 0.196. The van der Waals surface area contributed by atoms with Gasteiger partial charge in [0.1, 0.15) is 11.8 Å². The van der Waals surface area contributed by atoms with E-state index in [4.69, 9.17) is 4.74 Å². The Labute approximate surface area is 225 Å². The molecule has 2 aliphatic heterocycles. The summed E-state index contributed by atoms with van der Waals surface area (Å²) in [5.74, 6) is -0.0163. The highest BCUT2D eigenvalue weighted by Gasteiger charge is 2.43. The fourth-order valence-electron chi connectivity index (χ4n) is 5.72. The first kappa shape index (κ1) is 26.4. The quantitative estimate of drug-likeness (QED) is 0.492. The zero-order valence-corrected chi connectivity index (χ0v) is 21.5. The first-order chi connectivity index (χ1) is 18.8. The number of fused-ring (bicyclic) bond motifs is 3. The molecule has 0 aliphatic carbocycles. The van der Waals surface area contributed by atoms with Gasteiger partial charge in [0, 0.05) is 31.9 Å². The van der Waals surface area contributed by atoms with Crippen LogP contribution in [-0.4, -0.2) is 45.2 Å². The zero-order valence-electron chi connectivity index (χ0n) is 21.5. The number of benzene rings is 3. The second kappa shape index (κ2) is 10.9. The summed E-state index contributed by atoms with van der Waals surface area (Å²) in [7, 11) is 1.60. The molecular weight excluding hydrogens is 505 g/mol. The highest BCUT2D eigenvalue weighted by molar-refractivity contribution is 5.82. The van der Waals surface area contributed by atoms with Crippen LogP contribution in [0.25, 0.3) is 0 Å². The van der Waals surface area contributed by atoms with Crippen molar-refractivity contribution < 1.29 is 22.7 Å². The Bertz CT molecular complexity index is 1400. The molecule has 0 spiro atoms. The van der Waals surface area contributed by atoms with Crippen molar-refractivity contribution in [2.75, 3.05) is 43.1 Å². The number of alkyl halides is 3. The molecule has 2 unspecified atom stereocenters. The van der Waals surface area contributed by atoms with E-state index in [2.05, 4.69) is 21.2 Å². The van der Waals surface area contributed by atoms with Crippen molar-refractivity contribution in [1.82, 2.24) is 5.32 Å². The van der Waals surface area contributed by atoms with Crippen molar-refractivity contribution in [2.24, 2.45) is 5.92 Å². The molecule has 1 saturated heterocycles. The molecule has 202 valence electrons. The third-order valence-corrected chi connectivity index (χ3v) is 7.63. The molecule has 2 atom stereocenters. The van der Waals surface area contributed by atoms with Crippen LogP contribution in [0.3, 0.4) is 0 Å². The number of rotatable bonds is 6. The number of nitrogens with one attached hydrogen (secondary N) is 1. The maximum atomic E-state index is 13.6. The molecule has 0 radical (unpaired) electrons. The molecule has 5 rings (SSSR count). The lowest BCUT2D eigenvalue weighted by molar-refractivity contribution is -0.137. The van der Waals surface area contributed by atoms with Gasteiger partial charge in [-0.05, 0) is 60.4 Å². The van der Waals surface area contributed by atoms with E-state index in [9.17, 15) is 23.2 Å². The minimum Gasteiger partial charge on any atom is -0.496 e. The van der Waals surface area contributed by atoms with Gasteiger partial charge < -0.3 is 19.9 Å². The van der Waals surface area contributed by atoms with E-state index in [0.29, 0.717) is 43.7 Å². The van der Waals surface area contributed by atoms with E-state index in [-0.39, 0.29) is 18.4 Å². The van der Waals surface area contributed by atoms with Crippen molar-refractivity contribution in [1.29, 1.82) is 5.26 Å². The Balaban J connectivity index is 1.41. The minimum atomic E-state index is -4.46. The smallest absolute Gasteiger partial charge is 0.416 e. The average molecular weight is 535 g/mol. The van der Waals surface area contributed by atoms with E-state index < -0.39 is 17.7 Å². The third kappa shape index (κ3) is 5.37. The Morgan fingerprint density at radius 1 is 1.08 bits per heavy atom. The van der Waals surface area contributed by atoms with Crippen LogP contribution in [0.5, 0.6) is 5.75 Å². The summed E-state index contributed by atoms with van der Waals surface area (Å²) >= 11 is 0. The van der Waals surface area contributed by atoms with Gasteiger partial charge in [-0.25, -0.2) is 0 Å². The standard InChI is InChI=1S/C30H29F3N4O2/c1-39-28-9-5-3-6-20(28)12-13-35-29(38)24-17-22-16-23(30(31,32)33)10-11-26(22)37-15-14-36(19-27(24)37)25-8-4-2-7-21(25)18-34/h2-11,16,24,27H,12-15,17,19H2,1H3,(H,35,38). The summed E-state index contributed by atoms with van der Waals surface area (Å²) in [6.45, 7) is 1.95. The van der Waals surface area contributed by atoms with Crippen molar-refractivity contribution in [3.05, 3.63) is 89.0 Å². The van der Waals surface area contributed by atoms with Crippen LogP contribution in [0.15, 0.2) is 66.7 Å². The van der Waals surface area contributed by atoms with Gasteiger partial charge in [0.15, 0.2) is 0 Å². The molecular formula is C30H29F3N4O2. The van der Waals surface area contributed by atoms with Crippen LogP contribution in [0.1, 0.15) is 22.3 Å². The van der Waals surface area contributed by atoms with Crippen LogP contribution in [0.4, 0.5) is 24.5 Å². The largest absolute Gasteiger partial charge is 0.496 e.